The van der Waals surface area contributed by atoms with Gasteiger partial charge >= 0.3 is 0 Å². The van der Waals surface area contributed by atoms with E-state index < -0.39 is 0 Å². The molecule has 152 valence electrons. The molecule has 4 rings (SSSR count). The standard InChI is InChI=1S/C18H21NO2.C6H13N/c1-10(20)11-6-7-13-12(8-11)14-15(19-13)16(21)18(4,5)9-17(14,2)3;1-6-3-2-4-7-5-6/h6-8,19H,9H2,1-5H3;6-7H,2-5H2,1H3. The van der Waals surface area contributed by atoms with Crippen LogP contribution in [0, 0.1) is 11.3 Å². The second kappa shape index (κ2) is 7.47. The summed E-state index contributed by atoms with van der Waals surface area (Å²) in [5, 5.41) is 4.34. The molecule has 4 nitrogen and oxygen atoms in total. The summed E-state index contributed by atoms with van der Waals surface area (Å²) in [5.41, 5.74) is 2.94. The van der Waals surface area contributed by atoms with Gasteiger partial charge in [0, 0.05) is 21.9 Å². The summed E-state index contributed by atoms with van der Waals surface area (Å²) < 4.78 is 0. The maximum Gasteiger partial charge on any atom is 0.184 e. The predicted molar refractivity (Wildman–Crippen MR) is 115 cm³/mol. The highest BCUT2D eigenvalue weighted by atomic mass is 16.1. The van der Waals surface area contributed by atoms with Crippen molar-refractivity contribution < 1.29 is 9.59 Å². The fraction of sp³-hybridized carbons (Fsp3) is 0.583. The Morgan fingerprint density at radius 3 is 2.39 bits per heavy atom. The molecule has 2 aromatic rings. The van der Waals surface area contributed by atoms with E-state index in [0.717, 1.165) is 28.8 Å². The van der Waals surface area contributed by atoms with E-state index in [1.54, 1.807) is 6.92 Å². The molecule has 0 spiro atoms. The number of ketones is 2. The Labute approximate surface area is 168 Å². The van der Waals surface area contributed by atoms with Crippen molar-refractivity contribution in [3.8, 4) is 0 Å². The second-order valence-electron chi connectivity index (χ2n) is 9.92. The molecule has 0 radical (unpaired) electrons. The summed E-state index contributed by atoms with van der Waals surface area (Å²) in [4.78, 5) is 27.6. The molecule has 0 bridgehead atoms. The van der Waals surface area contributed by atoms with Crippen LogP contribution in [0.4, 0.5) is 0 Å². The van der Waals surface area contributed by atoms with Crippen LogP contribution in [0.5, 0.6) is 0 Å². The Kier molecular flexibility index (Phi) is 5.55. The number of rotatable bonds is 1. The lowest BCUT2D eigenvalue weighted by molar-refractivity contribution is 0.0760. The number of carbonyl (C=O) groups is 2. The number of Topliss-reactive ketones (excluding diaryl/α,β-unsaturated/α-hetero) is 2. The van der Waals surface area contributed by atoms with Crippen LogP contribution < -0.4 is 5.32 Å². The number of benzene rings is 1. The zero-order valence-corrected chi connectivity index (χ0v) is 18.2. The van der Waals surface area contributed by atoms with E-state index in [4.69, 9.17) is 0 Å². The van der Waals surface area contributed by atoms with Crippen molar-refractivity contribution in [3.05, 3.63) is 35.0 Å². The fourth-order valence-electron chi connectivity index (χ4n) is 4.92. The zero-order valence-electron chi connectivity index (χ0n) is 18.2. The summed E-state index contributed by atoms with van der Waals surface area (Å²) in [5.74, 6) is 1.14. The molecule has 1 aliphatic heterocycles. The highest BCUT2D eigenvalue weighted by Crippen LogP contribution is 2.48. The lowest BCUT2D eigenvalue weighted by Crippen LogP contribution is -2.39. The van der Waals surface area contributed by atoms with E-state index in [-0.39, 0.29) is 22.4 Å². The second-order valence-corrected chi connectivity index (χ2v) is 9.92. The van der Waals surface area contributed by atoms with Crippen LogP contribution in [-0.4, -0.2) is 29.6 Å². The number of aromatic nitrogens is 1. The van der Waals surface area contributed by atoms with Crippen molar-refractivity contribution in [1.29, 1.82) is 0 Å². The molecule has 1 aromatic carbocycles. The zero-order chi connectivity index (χ0) is 20.7. The maximum atomic E-state index is 12.7. The van der Waals surface area contributed by atoms with Crippen molar-refractivity contribution >= 4 is 22.5 Å². The Morgan fingerprint density at radius 2 is 1.86 bits per heavy atom. The highest BCUT2D eigenvalue weighted by Gasteiger charge is 2.45. The van der Waals surface area contributed by atoms with Gasteiger partial charge in [0.1, 0.15) is 0 Å². The first-order valence-electron chi connectivity index (χ1n) is 10.5. The van der Waals surface area contributed by atoms with Crippen molar-refractivity contribution in [2.45, 2.75) is 66.2 Å². The molecule has 0 saturated carbocycles. The van der Waals surface area contributed by atoms with E-state index >= 15 is 0 Å². The van der Waals surface area contributed by atoms with Crippen molar-refractivity contribution in [1.82, 2.24) is 10.3 Å². The van der Waals surface area contributed by atoms with Gasteiger partial charge in [0.15, 0.2) is 11.6 Å². The first-order valence-corrected chi connectivity index (χ1v) is 10.5. The van der Waals surface area contributed by atoms with Gasteiger partial charge in [-0.2, -0.15) is 0 Å². The van der Waals surface area contributed by atoms with Crippen LogP contribution in [0.25, 0.3) is 10.9 Å². The molecule has 2 aliphatic rings. The Hall–Kier alpha value is -1.94. The smallest absolute Gasteiger partial charge is 0.184 e. The Morgan fingerprint density at radius 1 is 1.14 bits per heavy atom. The van der Waals surface area contributed by atoms with Crippen LogP contribution in [-0.2, 0) is 5.41 Å². The summed E-state index contributed by atoms with van der Waals surface area (Å²) in [6.45, 7) is 14.7. The van der Waals surface area contributed by atoms with Crippen LogP contribution in [0.2, 0.25) is 0 Å². The third kappa shape index (κ3) is 3.93. The average molecular weight is 383 g/mol. The minimum atomic E-state index is -0.360. The molecule has 4 heteroatoms. The van der Waals surface area contributed by atoms with Gasteiger partial charge in [0.25, 0.3) is 0 Å². The quantitative estimate of drug-likeness (QED) is 0.661. The lowest BCUT2D eigenvalue weighted by atomic mass is 9.63. The molecule has 1 fully saturated rings. The summed E-state index contributed by atoms with van der Waals surface area (Å²) in [6, 6.07) is 5.64. The topological polar surface area (TPSA) is 62.0 Å². The minimum Gasteiger partial charge on any atom is -0.352 e. The number of aromatic amines is 1. The predicted octanol–water partition coefficient (Wildman–Crippen LogP) is 5.27. The third-order valence-electron chi connectivity index (χ3n) is 6.15. The average Bonchev–Trinajstić information content (AvgIpc) is 3.00. The first kappa shape index (κ1) is 20.8. The van der Waals surface area contributed by atoms with Gasteiger partial charge in [-0.25, -0.2) is 0 Å². The summed E-state index contributed by atoms with van der Waals surface area (Å²) >= 11 is 0. The largest absolute Gasteiger partial charge is 0.352 e. The van der Waals surface area contributed by atoms with Crippen molar-refractivity contribution in [2.75, 3.05) is 13.1 Å². The van der Waals surface area contributed by atoms with Gasteiger partial charge in [-0.3, -0.25) is 9.59 Å². The number of fused-ring (bicyclic) bond motifs is 3. The molecule has 28 heavy (non-hydrogen) atoms. The van der Waals surface area contributed by atoms with E-state index in [1.807, 2.05) is 32.0 Å². The van der Waals surface area contributed by atoms with E-state index in [1.165, 1.54) is 25.9 Å². The van der Waals surface area contributed by atoms with Gasteiger partial charge in [-0.1, -0.05) is 34.6 Å². The van der Waals surface area contributed by atoms with Crippen LogP contribution in [0.3, 0.4) is 0 Å². The van der Waals surface area contributed by atoms with E-state index in [0.29, 0.717) is 11.3 Å². The van der Waals surface area contributed by atoms with Gasteiger partial charge in [-0.15, -0.1) is 0 Å². The fourth-order valence-corrected chi connectivity index (χ4v) is 4.92. The highest BCUT2D eigenvalue weighted by molar-refractivity contribution is 6.08. The molecule has 2 N–H and O–H groups in total. The van der Waals surface area contributed by atoms with Crippen LogP contribution in [0.1, 0.15) is 87.2 Å². The Bertz CT molecular complexity index is 899. The normalized spacial score (nSPS) is 22.9. The molecule has 1 unspecified atom stereocenters. The monoisotopic (exact) mass is 382 g/mol. The lowest BCUT2D eigenvalue weighted by Gasteiger charge is -2.39. The Balaban J connectivity index is 0.000000271. The van der Waals surface area contributed by atoms with Gasteiger partial charge in [0.2, 0.25) is 0 Å². The van der Waals surface area contributed by atoms with E-state index in [2.05, 4.69) is 31.1 Å². The summed E-state index contributed by atoms with van der Waals surface area (Å²) in [6.07, 6.45) is 3.61. The number of carbonyl (C=O) groups excluding carboxylic acids is 2. The molecule has 1 aliphatic carbocycles. The van der Waals surface area contributed by atoms with Crippen molar-refractivity contribution in [3.63, 3.8) is 0 Å². The van der Waals surface area contributed by atoms with Crippen molar-refractivity contribution in [2.24, 2.45) is 11.3 Å². The molecule has 1 saturated heterocycles. The summed E-state index contributed by atoms with van der Waals surface area (Å²) in [7, 11) is 0. The number of piperidine rings is 1. The van der Waals surface area contributed by atoms with Gasteiger partial charge < -0.3 is 10.3 Å². The number of hydrogen-bond donors (Lipinski definition) is 2. The number of hydrogen-bond acceptors (Lipinski definition) is 3. The van der Waals surface area contributed by atoms with E-state index in [9.17, 15) is 9.59 Å². The van der Waals surface area contributed by atoms with Crippen LogP contribution >= 0.6 is 0 Å². The molecular weight excluding hydrogens is 348 g/mol. The molecule has 1 atom stereocenters. The number of H-pyrrole nitrogens is 1. The molecular formula is C24H34N2O2. The SMILES string of the molecule is CC(=O)c1ccc2[nH]c3c(c2c1)C(C)(C)CC(C)(C)C3=O.CC1CCCNC1. The molecule has 2 heterocycles. The van der Waals surface area contributed by atoms with Gasteiger partial charge in [0.05, 0.1) is 5.69 Å². The van der Waals surface area contributed by atoms with Gasteiger partial charge in [-0.05, 0) is 74.4 Å². The first-order chi connectivity index (χ1) is 13.0. The molecule has 1 aromatic heterocycles. The maximum absolute atomic E-state index is 12.7. The molecule has 0 amide bonds. The minimum absolute atomic E-state index is 0.0483. The van der Waals surface area contributed by atoms with Crippen LogP contribution in [0.15, 0.2) is 18.2 Å². The number of nitrogens with one attached hydrogen (secondary N) is 2. The third-order valence-corrected chi connectivity index (χ3v) is 6.15.